The van der Waals surface area contributed by atoms with E-state index in [0.29, 0.717) is 63.6 Å². The van der Waals surface area contributed by atoms with E-state index in [-0.39, 0.29) is 50.0 Å². The minimum Gasteiger partial charge on any atom is -0.343 e. The maximum absolute atomic E-state index is 15.1. The molecular formula is C69H111IN12O12. The zero-order valence-corrected chi connectivity index (χ0v) is 61.0. The predicted octanol–water partition coefficient (Wildman–Crippen LogP) is 4.72. The average Bonchev–Trinajstić information content (AvgIpc) is 0.797. The Morgan fingerprint density at radius 2 is 1.24 bits per heavy atom. The van der Waals surface area contributed by atoms with Crippen LogP contribution in [-0.4, -0.2) is 239 Å². The number of piperidine rings is 1. The van der Waals surface area contributed by atoms with Crippen LogP contribution in [0.1, 0.15) is 177 Å². The van der Waals surface area contributed by atoms with Gasteiger partial charge in [0.15, 0.2) is 0 Å². The highest BCUT2D eigenvalue weighted by atomic mass is 127. The molecule has 0 radical (unpaired) electrons. The van der Waals surface area contributed by atoms with Crippen molar-refractivity contribution in [1.29, 1.82) is 0 Å². The van der Waals surface area contributed by atoms with Gasteiger partial charge in [-0.05, 0) is 129 Å². The summed E-state index contributed by atoms with van der Waals surface area (Å²) in [6.07, 6.45) is 8.95. The van der Waals surface area contributed by atoms with Crippen LogP contribution in [-0.2, 0) is 64.0 Å². The van der Waals surface area contributed by atoms with Gasteiger partial charge in [0.05, 0.1) is 19.5 Å². The summed E-state index contributed by atoms with van der Waals surface area (Å²) in [6, 6.07) is -2.05. The number of carbonyl (C=O) groups excluding carboxylic acids is 12. The number of rotatable bonds is 14. The van der Waals surface area contributed by atoms with Gasteiger partial charge in [0.1, 0.15) is 53.9 Å². The molecule has 4 fully saturated rings. The predicted molar refractivity (Wildman–Crippen MR) is 367 cm³/mol. The number of halogens is 1. The van der Waals surface area contributed by atoms with Crippen LogP contribution in [0.2, 0.25) is 0 Å². The lowest BCUT2D eigenvalue weighted by molar-refractivity contribution is -0.158. The Balaban J connectivity index is 1.61. The summed E-state index contributed by atoms with van der Waals surface area (Å²) in [5.41, 5.74) is -0.977. The van der Waals surface area contributed by atoms with Crippen LogP contribution in [0.3, 0.4) is 0 Å². The molecule has 4 N–H and O–H groups in total. The van der Waals surface area contributed by atoms with Gasteiger partial charge < -0.3 is 60.5 Å². The third-order valence-electron chi connectivity index (χ3n) is 19.8. The summed E-state index contributed by atoms with van der Waals surface area (Å²) < 4.78 is 0.869. The molecule has 1 unspecified atom stereocenters. The van der Waals surface area contributed by atoms with Crippen LogP contribution in [0.25, 0.3) is 0 Å². The van der Waals surface area contributed by atoms with Gasteiger partial charge in [-0.1, -0.05) is 112 Å². The van der Waals surface area contributed by atoms with E-state index >= 15 is 4.79 Å². The molecule has 24 nitrogen and oxygen atoms in total. The van der Waals surface area contributed by atoms with E-state index in [1.54, 1.807) is 11.8 Å². The fraction of sp³-hybridized carbons (Fsp3) is 0.739. The average molecular weight is 1430 g/mol. The molecule has 1 aromatic rings. The molecule has 9 atom stereocenters. The number of fused-ring (bicyclic) bond motifs is 1. The molecule has 12 amide bonds. The Morgan fingerprint density at radius 1 is 0.617 bits per heavy atom. The minimum absolute atomic E-state index is 0.00463. The van der Waals surface area contributed by atoms with Gasteiger partial charge in [0.25, 0.3) is 0 Å². The molecule has 1 saturated carbocycles. The third-order valence-corrected chi connectivity index (χ3v) is 20.4. The Bertz CT molecular complexity index is 2840. The van der Waals surface area contributed by atoms with E-state index in [4.69, 9.17) is 0 Å². The summed E-state index contributed by atoms with van der Waals surface area (Å²) in [5, 5.41) is 11.6. The van der Waals surface area contributed by atoms with Crippen LogP contribution in [0, 0.1) is 27.2 Å². The maximum atomic E-state index is 15.1. The lowest BCUT2D eigenvalue weighted by Crippen LogP contribution is -2.64. The van der Waals surface area contributed by atoms with E-state index in [1.807, 2.05) is 65.8 Å². The molecule has 1 aromatic carbocycles. The molecule has 25 heteroatoms. The van der Waals surface area contributed by atoms with Gasteiger partial charge in [0, 0.05) is 71.9 Å². The number of unbranched alkanes of at least 4 members (excludes halogenated alkanes) is 1. The van der Waals surface area contributed by atoms with Gasteiger partial charge in [0.2, 0.25) is 70.9 Å². The molecule has 4 aliphatic rings. The van der Waals surface area contributed by atoms with Gasteiger partial charge >= 0.3 is 0 Å². The smallest absolute Gasteiger partial charge is 0.246 e. The maximum Gasteiger partial charge on any atom is 0.246 e. The fourth-order valence-corrected chi connectivity index (χ4v) is 13.7. The summed E-state index contributed by atoms with van der Waals surface area (Å²) in [4.78, 5) is 188. The number of carbonyl (C=O) groups is 12. The van der Waals surface area contributed by atoms with Crippen molar-refractivity contribution in [3.8, 4) is 0 Å². The zero-order chi connectivity index (χ0) is 70.1. The summed E-state index contributed by atoms with van der Waals surface area (Å²) in [6.45, 7) is 16.1. The highest BCUT2D eigenvalue weighted by Gasteiger charge is 2.46. The molecule has 3 aliphatic heterocycles. The van der Waals surface area contributed by atoms with E-state index < -0.39 is 150 Å². The number of nitrogens with one attached hydrogen (secondary N) is 4. The lowest BCUT2D eigenvalue weighted by atomic mass is 9.84. The molecular weight excluding hydrogens is 1320 g/mol. The molecule has 0 bridgehead atoms. The zero-order valence-electron chi connectivity index (χ0n) is 58.9. The SMILES string of the molecule is CCCC[C@@H]1NC(=O)[C@H](Cc2cccc(I)c2)NC(=O)CN(C)C(=O)[C@H](CC2CCCCC2)N(C)C(=O)C2CCN2C(=O)CN(C)C(=O)[C@H]([C@@H](C)CC)NC(=O)[C@H](CC(C)C)N(C)C(=O)C[C@@H](C(=O)N2CCCCC2)N(C)C(=O)[C@H](CC(C)C)NC(=O)C(C)(C)N(C)C1=O. The third kappa shape index (κ3) is 21.0. The Labute approximate surface area is 572 Å². The number of nitrogens with zero attached hydrogens (tertiary/aromatic N) is 8. The van der Waals surface area contributed by atoms with Gasteiger partial charge in [-0.15, -0.1) is 0 Å². The molecule has 0 aromatic heterocycles. The van der Waals surface area contributed by atoms with Crippen LogP contribution in [0.15, 0.2) is 24.3 Å². The van der Waals surface area contributed by atoms with Crippen molar-refractivity contribution in [3.63, 3.8) is 0 Å². The molecule has 0 spiro atoms. The fourth-order valence-electron chi connectivity index (χ4n) is 13.0. The Hall–Kier alpha value is -6.41. The van der Waals surface area contributed by atoms with Crippen molar-refractivity contribution < 1.29 is 57.5 Å². The number of hydrogen-bond donors (Lipinski definition) is 4. The van der Waals surface area contributed by atoms with Crippen molar-refractivity contribution in [3.05, 3.63) is 33.4 Å². The van der Waals surface area contributed by atoms with Crippen LogP contribution < -0.4 is 21.3 Å². The van der Waals surface area contributed by atoms with Crippen molar-refractivity contribution in [2.45, 2.75) is 232 Å². The molecule has 94 heavy (non-hydrogen) atoms. The standard InChI is InChI=1S/C69H111IN12O12/c1-16-18-30-49-63(89)80(15)69(8,9)68(94)73-51(35-43(3)4)62(88)78(13)55(66(92)81-32-23-20-24-33-81)40-57(84)77(12)53(36-44(5)6)61(87)74-59(45(7)17-2)67(93)76(11)42-58(85)82-34-31-52(82)65(91)79(14)54(39-46-26-21-19-22-27-46)64(90)75(10)41-56(83)71-50(60(86)72-49)38-47-28-25-29-48(70)37-47/h25,28-29,37,43-46,49-55,59H,16-24,26-27,30-36,38-42H2,1-15H3,(H,71,83)(H,72,86)(H,73,94)(H,74,87)/t45-,49-,50-,51-,52?,53-,54-,55-,59-/m0/s1. The van der Waals surface area contributed by atoms with Crippen molar-refractivity contribution in [1.82, 2.24) is 60.5 Å². The van der Waals surface area contributed by atoms with Crippen molar-refractivity contribution in [2.24, 2.45) is 23.7 Å². The minimum atomic E-state index is -1.67. The number of likely N-dealkylation sites (N-methyl/N-ethyl adjacent to an activating group) is 6. The van der Waals surface area contributed by atoms with E-state index in [2.05, 4.69) is 43.9 Å². The second kappa shape index (κ2) is 36.1. The quantitative estimate of drug-likeness (QED) is 0.184. The topological polar surface area (TPSA) is 279 Å². The molecule has 5 rings (SSSR count). The van der Waals surface area contributed by atoms with Gasteiger partial charge in [-0.25, -0.2) is 0 Å². The Morgan fingerprint density at radius 3 is 1.83 bits per heavy atom. The number of likely N-dealkylation sites (tertiary alicyclic amines) is 1. The van der Waals surface area contributed by atoms with Gasteiger partial charge in [-0.3, -0.25) is 57.5 Å². The summed E-state index contributed by atoms with van der Waals surface area (Å²) in [5.74, 6) is -7.97. The first kappa shape index (κ1) is 78.3. The first-order chi connectivity index (χ1) is 44.2. The second-order valence-electron chi connectivity index (χ2n) is 28.3. The number of hydrogen-bond acceptors (Lipinski definition) is 12. The second-order valence-corrected chi connectivity index (χ2v) is 29.6. The summed E-state index contributed by atoms with van der Waals surface area (Å²) in [7, 11) is 8.74. The van der Waals surface area contributed by atoms with Crippen LogP contribution in [0.5, 0.6) is 0 Å². The molecule has 3 saturated heterocycles. The molecule has 526 valence electrons. The highest BCUT2D eigenvalue weighted by molar-refractivity contribution is 14.1. The molecule has 3 heterocycles. The highest BCUT2D eigenvalue weighted by Crippen LogP contribution is 2.31. The van der Waals surface area contributed by atoms with Crippen molar-refractivity contribution in [2.75, 3.05) is 75.0 Å². The van der Waals surface area contributed by atoms with E-state index in [1.165, 1.54) is 90.4 Å². The largest absolute Gasteiger partial charge is 0.343 e. The molecule has 1 aliphatic carbocycles. The normalized spacial score (nSPS) is 26.4. The van der Waals surface area contributed by atoms with Crippen molar-refractivity contribution >= 4 is 93.5 Å². The van der Waals surface area contributed by atoms with Crippen LogP contribution in [0.4, 0.5) is 0 Å². The van der Waals surface area contributed by atoms with E-state index in [9.17, 15) is 52.7 Å². The number of amides is 12. The monoisotopic (exact) mass is 1430 g/mol. The van der Waals surface area contributed by atoms with Gasteiger partial charge in [-0.2, -0.15) is 0 Å². The Kier molecular flexibility index (Phi) is 30.1. The van der Waals surface area contributed by atoms with E-state index in [0.717, 1.165) is 42.1 Å². The first-order valence-electron chi connectivity index (χ1n) is 34.3. The first-order valence-corrected chi connectivity index (χ1v) is 35.4. The number of benzene rings is 1. The summed E-state index contributed by atoms with van der Waals surface area (Å²) >= 11 is 2.15. The lowest BCUT2D eigenvalue weighted by Gasteiger charge is -2.44. The van der Waals surface area contributed by atoms with Crippen LogP contribution >= 0.6 is 22.6 Å².